The van der Waals surface area contributed by atoms with Crippen molar-refractivity contribution in [3.63, 3.8) is 0 Å². The highest BCUT2D eigenvalue weighted by Crippen LogP contribution is 2.33. The maximum Gasteiger partial charge on any atom is 0.220 e. The van der Waals surface area contributed by atoms with Crippen molar-refractivity contribution >= 4 is 5.91 Å². The van der Waals surface area contributed by atoms with Gasteiger partial charge in [0, 0.05) is 6.42 Å². The molecule has 0 aromatic carbocycles. The molecule has 0 bridgehead atoms. The molecule has 3 aliphatic rings. The minimum Gasteiger partial charge on any atom is -0.394 e. The Morgan fingerprint density at radius 3 is 1.15 bits per heavy atom. The highest BCUT2D eigenvalue weighted by molar-refractivity contribution is 5.76. The topological polar surface area (TPSA) is 307 Å². The number of nitrogens with one attached hydrogen (secondary N) is 1. The molecular formula is C70H129NO18. The predicted molar refractivity (Wildman–Crippen MR) is 346 cm³/mol. The van der Waals surface area contributed by atoms with Crippen molar-refractivity contribution < 1.29 is 89.4 Å². The first-order valence-corrected chi connectivity index (χ1v) is 35.7. The van der Waals surface area contributed by atoms with Gasteiger partial charge in [-0.2, -0.15) is 0 Å². The molecule has 0 aliphatic carbocycles. The summed E-state index contributed by atoms with van der Waals surface area (Å²) in [6.07, 6.45) is 34.7. The molecule has 17 atom stereocenters. The van der Waals surface area contributed by atoms with Crippen molar-refractivity contribution in [3.8, 4) is 0 Å². The quantitative estimate of drug-likeness (QED) is 0.0199. The molecular weight excluding hydrogens is 1140 g/mol. The highest BCUT2D eigenvalue weighted by atomic mass is 16.8. The molecule has 0 spiro atoms. The van der Waals surface area contributed by atoms with Gasteiger partial charge in [0.25, 0.3) is 0 Å². The van der Waals surface area contributed by atoms with Crippen molar-refractivity contribution in [1.82, 2.24) is 5.32 Å². The Morgan fingerprint density at radius 1 is 0.404 bits per heavy atom. The molecule has 19 heteroatoms. The van der Waals surface area contributed by atoms with E-state index in [9.17, 15) is 61.0 Å². The van der Waals surface area contributed by atoms with E-state index in [2.05, 4.69) is 43.5 Å². The van der Waals surface area contributed by atoms with Crippen molar-refractivity contribution in [2.45, 2.75) is 375 Å². The van der Waals surface area contributed by atoms with E-state index in [0.717, 1.165) is 51.4 Å². The predicted octanol–water partition coefficient (Wildman–Crippen LogP) is 9.61. The third kappa shape index (κ3) is 34.3. The summed E-state index contributed by atoms with van der Waals surface area (Å²) >= 11 is 0. The average molecular weight is 1270 g/mol. The van der Waals surface area contributed by atoms with Gasteiger partial charge in [-0.05, 0) is 51.4 Å². The average Bonchev–Trinajstić information content (AvgIpc) is 1.40. The zero-order valence-electron chi connectivity index (χ0n) is 55.2. The van der Waals surface area contributed by atoms with E-state index in [1.54, 1.807) is 6.08 Å². The number of carbonyl (C=O) groups is 1. The number of allylic oxidation sites excluding steroid dienone is 5. The zero-order chi connectivity index (χ0) is 64.7. The van der Waals surface area contributed by atoms with Crippen LogP contribution in [0.25, 0.3) is 0 Å². The molecule has 0 radical (unpaired) electrons. The number of rotatable bonds is 55. The van der Waals surface area contributed by atoms with Gasteiger partial charge in [0.2, 0.25) is 5.91 Å². The first kappa shape index (κ1) is 81.2. The summed E-state index contributed by atoms with van der Waals surface area (Å²) in [4.78, 5) is 13.3. The number of carbonyl (C=O) groups excluding carboxylic acids is 1. The molecule has 12 N–H and O–H groups in total. The zero-order valence-corrected chi connectivity index (χ0v) is 55.2. The summed E-state index contributed by atoms with van der Waals surface area (Å²) in [5, 5.41) is 120. The molecule has 3 heterocycles. The molecule has 3 fully saturated rings. The van der Waals surface area contributed by atoms with Crippen LogP contribution >= 0.6 is 0 Å². The molecule has 17 unspecified atom stereocenters. The fraction of sp³-hybridized carbons (Fsp3) is 0.900. The van der Waals surface area contributed by atoms with Crippen molar-refractivity contribution in [3.05, 3.63) is 36.5 Å². The molecule has 0 aromatic heterocycles. The molecule has 3 rings (SSSR count). The smallest absolute Gasteiger partial charge is 0.220 e. The summed E-state index contributed by atoms with van der Waals surface area (Å²) in [7, 11) is 0. The van der Waals surface area contributed by atoms with Gasteiger partial charge in [0.1, 0.15) is 73.2 Å². The van der Waals surface area contributed by atoms with Crippen LogP contribution < -0.4 is 5.32 Å². The maximum absolute atomic E-state index is 13.3. The summed E-state index contributed by atoms with van der Waals surface area (Å²) in [6.45, 7) is 1.69. The van der Waals surface area contributed by atoms with Gasteiger partial charge in [-0.15, -0.1) is 0 Å². The lowest BCUT2D eigenvalue weighted by Gasteiger charge is -2.48. The summed E-state index contributed by atoms with van der Waals surface area (Å²) in [6, 6.07) is -0.969. The minimum atomic E-state index is -1.98. The third-order valence-corrected chi connectivity index (χ3v) is 17.9. The van der Waals surface area contributed by atoms with Gasteiger partial charge >= 0.3 is 0 Å². The lowest BCUT2D eigenvalue weighted by molar-refractivity contribution is -0.379. The Morgan fingerprint density at radius 2 is 0.742 bits per heavy atom. The number of hydrogen-bond acceptors (Lipinski definition) is 18. The molecule has 0 saturated carbocycles. The van der Waals surface area contributed by atoms with Crippen LogP contribution in [0.4, 0.5) is 0 Å². The van der Waals surface area contributed by atoms with Gasteiger partial charge in [-0.3, -0.25) is 4.79 Å². The van der Waals surface area contributed by atoms with Crippen LogP contribution in [0.3, 0.4) is 0 Å². The maximum atomic E-state index is 13.3. The van der Waals surface area contributed by atoms with Crippen LogP contribution in [-0.4, -0.2) is 193 Å². The van der Waals surface area contributed by atoms with Crippen LogP contribution in [0.2, 0.25) is 0 Å². The second-order valence-corrected chi connectivity index (χ2v) is 25.7. The van der Waals surface area contributed by atoms with E-state index < -0.39 is 124 Å². The van der Waals surface area contributed by atoms with E-state index >= 15 is 0 Å². The number of unbranched alkanes of at least 4 members (excludes halogenated alkanes) is 35. The molecule has 0 aromatic rings. The first-order valence-electron chi connectivity index (χ1n) is 35.7. The molecule has 522 valence electrons. The Hall–Kier alpha value is -1.99. The standard InChI is InChI=1S/C70H129NO18/c1-3-5-7-9-11-13-14-15-16-17-18-19-20-21-22-23-24-25-26-27-28-29-30-31-32-33-34-35-36-37-38-40-42-44-46-48-58(76)71-53(54(75)47-45-43-41-39-12-10-8-6-4-2)52-84-68-64(82)61(79)66(56(50-73)86-68)89-70-65(83)62(80)67(57(51-74)87-70)88-69-63(81)60(78)59(77)55(49-72)85-69/h14-15,17-18,45,47,53-57,59-70,72-75,77-83H,3-13,16,19-44,46,48-52H2,1-2H3,(H,71,76)/b15-14-,18-17-,47-45+. The van der Waals surface area contributed by atoms with Crippen molar-refractivity contribution in [2.24, 2.45) is 0 Å². The fourth-order valence-corrected chi connectivity index (χ4v) is 12.1. The van der Waals surface area contributed by atoms with E-state index in [1.807, 2.05) is 6.08 Å². The Balaban J connectivity index is 1.29. The Labute approximate surface area is 536 Å². The van der Waals surface area contributed by atoms with E-state index in [4.69, 9.17) is 28.4 Å². The number of hydrogen-bond donors (Lipinski definition) is 12. The normalized spacial score (nSPS) is 28.4. The van der Waals surface area contributed by atoms with Crippen LogP contribution in [0, 0.1) is 0 Å². The molecule has 89 heavy (non-hydrogen) atoms. The summed E-state index contributed by atoms with van der Waals surface area (Å²) in [5.41, 5.74) is 0. The lowest BCUT2D eigenvalue weighted by atomic mass is 9.96. The number of aliphatic hydroxyl groups excluding tert-OH is 11. The van der Waals surface area contributed by atoms with E-state index in [1.165, 1.54) is 193 Å². The summed E-state index contributed by atoms with van der Waals surface area (Å²) in [5.74, 6) is -0.274. The monoisotopic (exact) mass is 1270 g/mol. The van der Waals surface area contributed by atoms with Crippen LogP contribution in [0.1, 0.15) is 271 Å². The number of ether oxygens (including phenoxy) is 6. The van der Waals surface area contributed by atoms with E-state index in [-0.39, 0.29) is 18.9 Å². The van der Waals surface area contributed by atoms with Gasteiger partial charge in [0.05, 0.1) is 38.6 Å². The van der Waals surface area contributed by atoms with E-state index in [0.29, 0.717) is 6.42 Å². The van der Waals surface area contributed by atoms with Crippen molar-refractivity contribution in [1.29, 1.82) is 0 Å². The number of aliphatic hydroxyl groups is 11. The third-order valence-electron chi connectivity index (χ3n) is 17.9. The molecule has 19 nitrogen and oxygen atoms in total. The number of amides is 1. The van der Waals surface area contributed by atoms with Gasteiger partial charge < -0.3 is 89.9 Å². The van der Waals surface area contributed by atoms with Crippen LogP contribution in [0.15, 0.2) is 36.5 Å². The second-order valence-electron chi connectivity index (χ2n) is 25.7. The molecule has 3 saturated heterocycles. The Kier molecular flexibility index (Phi) is 47.7. The minimum absolute atomic E-state index is 0.246. The first-order chi connectivity index (χ1) is 43.3. The van der Waals surface area contributed by atoms with Gasteiger partial charge in [-0.1, -0.05) is 249 Å². The molecule has 3 aliphatic heterocycles. The fourth-order valence-electron chi connectivity index (χ4n) is 12.1. The lowest BCUT2D eigenvalue weighted by Crippen LogP contribution is -2.66. The second kappa shape index (κ2) is 52.3. The van der Waals surface area contributed by atoms with Crippen LogP contribution in [-0.2, 0) is 33.2 Å². The van der Waals surface area contributed by atoms with Crippen LogP contribution in [0.5, 0.6) is 0 Å². The molecule has 1 amide bonds. The SMILES string of the molecule is CCCCCCC/C=C\C/C=C\CCCCCCCCCCCCCCCCCCCCCCCCCC(=O)NC(COC1OC(CO)C(OC2OC(CO)C(OC3OC(CO)C(O)C(O)C3O)C(O)C2O)C(O)C1O)C(O)/C=C/CCCCCCCCC. The Bertz CT molecular complexity index is 1760. The van der Waals surface area contributed by atoms with Gasteiger partial charge in [-0.25, -0.2) is 0 Å². The highest BCUT2D eigenvalue weighted by Gasteiger charge is 2.53. The van der Waals surface area contributed by atoms with Gasteiger partial charge in [0.15, 0.2) is 18.9 Å². The summed E-state index contributed by atoms with van der Waals surface area (Å²) < 4.78 is 34.2. The van der Waals surface area contributed by atoms with Crippen molar-refractivity contribution in [2.75, 3.05) is 26.4 Å². The largest absolute Gasteiger partial charge is 0.394 e.